The molecule has 0 aliphatic heterocycles. The van der Waals surface area contributed by atoms with Crippen LogP contribution in [0.5, 0.6) is 5.75 Å². The van der Waals surface area contributed by atoms with E-state index in [4.69, 9.17) is 21.6 Å². The lowest BCUT2D eigenvalue weighted by Crippen LogP contribution is -2.04. The minimum absolute atomic E-state index is 0.164. The highest BCUT2D eigenvalue weighted by Crippen LogP contribution is 2.33. The van der Waals surface area contributed by atoms with E-state index in [1.807, 2.05) is 6.07 Å². The van der Waals surface area contributed by atoms with Crippen LogP contribution in [-0.2, 0) is 0 Å². The summed E-state index contributed by atoms with van der Waals surface area (Å²) in [6.45, 7) is 7.25. The molecule has 0 heterocycles. The van der Waals surface area contributed by atoms with Crippen LogP contribution in [0.3, 0.4) is 0 Å². The number of rotatable bonds is 4. The lowest BCUT2D eigenvalue weighted by Gasteiger charge is -2.13. The van der Waals surface area contributed by atoms with E-state index in [0.29, 0.717) is 23.5 Å². The molecule has 1 aromatic carbocycles. The number of hydrogen-bond acceptors (Lipinski definition) is 3. The van der Waals surface area contributed by atoms with Gasteiger partial charge in [0, 0.05) is 5.56 Å². The van der Waals surface area contributed by atoms with E-state index in [1.165, 1.54) is 19.1 Å². The fourth-order valence-electron chi connectivity index (χ4n) is 1.52. The fourth-order valence-corrected chi connectivity index (χ4v) is 1.77. The Balaban J connectivity index is 3.66. The van der Waals surface area contributed by atoms with E-state index in [-0.39, 0.29) is 16.4 Å². The van der Waals surface area contributed by atoms with E-state index in [9.17, 15) is 4.79 Å². The largest absolute Gasteiger partial charge is 0.492 e. The average Bonchev–Trinajstić information content (AvgIpc) is 2.30. The monoisotopic (exact) mass is 249 g/mol. The average molecular weight is 250 g/mol. The van der Waals surface area contributed by atoms with Crippen molar-refractivity contribution in [2.75, 3.05) is 6.61 Å². The van der Waals surface area contributed by atoms with Gasteiger partial charge in [-0.25, -0.2) is 0 Å². The summed E-state index contributed by atoms with van der Waals surface area (Å²) in [5.74, 6) is 0.207. The van der Waals surface area contributed by atoms with Crippen molar-refractivity contribution in [1.82, 2.24) is 0 Å². The summed E-state index contributed by atoms with van der Waals surface area (Å²) in [6.07, 6.45) is 1.47. The summed E-state index contributed by atoms with van der Waals surface area (Å²) in [6, 6.07) is 3.44. The highest BCUT2D eigenvalue weighted by molar-refractivity contribution is 6.32. The standard InChI is InChI=1S/C13H12ClNO2/c1-4-9-11(7-15)12(14)6-10(8(3)16)13(9)17-5-2/h4,6H,1,5H2,2-3H3. The van der Waals surface area contributed by atoms with Crippen LogP contribution in [0.2, 0.25) is 5.02 Å². The van der Waals surface area contributed by atoms with Gasteiger partial charge in [0.25, 0.3) is 0 Å². The molecule has 3 nitrogen and oxygen atoms in total. The quantitative estimate of drug-likeness (QED) is 0.768. The molecule has 0 aliphatic rings. The molecule has 17 heavy (non-hydrogen) atoms. The van der Waals surface area contributed by atoms with Crippen LogP contribution >= 0.6 is 11.6 Å². The fraction of sp³-hybridized carbons (Fsp3) is 0.231. The van der Waals surface area contributed by atoms with Gasteiger partial charge in [0.2, 0.25) is 0 Å². The second-order valence-electron chi connectivity index (χ2n) is 3.33. The first kappa shape index (κ1) is 13.3. The molecule has 0 atom stereocenters. The molecule has 1 aromatic rings. The van der Waals surface area contributed by atoms with Gasteiger partial charge in [0.15, 0.2) is 5.78 Å². The van der Waals surface area contributed by atoms with E-state index < -0.39 is 0 Å². The molecule has 1 rings (SSSR count). The first-order chi connectivity index (χ1) is 8.06. The second kappa shape index (κ2) is 5.51. The second-order valence-corrected chi connectivity index (χ2v) is 3.74. The van der Waals surface area contributed by atoms with Crippen molar-refractivity contribution < 1.29 is 9.53 Å². The molecule has 0 radical (unpaired) electrons. The maximum atomic E-state index is 11.5. The van der Waals surface area contributed by atoms with Crippen molar-refractivity contribution in [3.05, 3.63) is 34.4 Å². The third-order valence-electron chi connectivity index (χ3n) is 2.25. The van der Waals surface area contributed by atoms with E-state index in [1.54, 1.807) is 6.92 Å². The van der Waals surface area contributed by atoms with Crippen LogP contribution in [-0.4, -0.2) is 12.4 Å². The molecule has 0 bridgehead atoms. The SMILES string of the molecule is C=Cc1c(C#N)c(Cl)cc(C(C)=O)c1OCC. The zero-order valence-electron chi connectivity index (χ0n) is 9.71. The normalized spacial score (nSPS) is 9.53. The van der Waals surface area contributed by atoms with E-state index in [2.05, 4.69) is 6.58 Å². The molecule has 0 aromatic heterocycles. The molecule has 0 saturated carbocycles. The molecule has 0 unspecified atom stereocenters. The Bertz CT molecular complexity index is 515. The first-order valence-electron chi connectivity index (χ1n) is 5.09. The van der Waals surface area contributed by atoms with Crippen molar-refractivity contribution in [2.24, 2.45) is 0 Å². The Morgan fingerprint density at radius 3 is 2.76 bits per heavy atom. The zero-order chi connectivity index (χ0) is 13.0. The zero-order valence-corrected chi connectivity index (χ0v) is 10.5. The van der Waals surface area contributed by atoms with E-state index >= 15 is 0 Å². The summed E-state index contributed by atoms with van der Waals surface area (Å²) < 4.78 is 5.42. The molecule has 4 heteroatoms. The van der Waals surface area contributed by atoms with Crippen LogP contribution in [0.15, 0.2) is 12.6 Å². The Kier molecular flexibility index (Phi) is 4.30. The number of ketones is 1. The lowest BCUT2D eigenvalue weighted by molar-refractivity contribution is 0.101. The number of halogens is 1. The van der Waals surface area contributed by atoms with Crippen LogP contribution in [0, 0.1) is 11.3 Å². The number of Topliss-reactive ketones (excluding diaryl/α,β-unsaturated/α-hetero) is 1. The topological polar surface area (TPSA) is 50.1 Å². The minimum atomic E-state index is -0.164. The molecule has 0 saturated heterocycles. The molecular weight excluding hydrogens is 238 g/mol. The summed E-state index contributed by atoms with van der Waals surface area (Å²) >= 11 is 5.95. The maximum absolute atomic E-state index is 11.5. The number of nitriles is 1. The van der Waals surface area contributed by atoms with Gasteiger partial charge in [-0.15, -0.1) is 0 Å². The number of nitrogens with zero attached hydrogens (tertiary/aromatic N) is 1. The highest BCUT2D eigenvalue weighted by Gasteiger charge is 2.18. The van der Waals surface area contributed by atoms with Crippen LogP contribution in [0.1, 0.15) is 35.3 Å². The predicted octanol–water partition coefficient (Wildman–Crippen LogP) is 3.46. The number of carbonyl (C=O) groups is 1. The van der Waals surface area contributed by atoms with Crippen LogP contribution < -0.4 is 4.74 Å². The number of ether oxygens (including phenoxy) is 1. The number of benzene rings is 1. The Morgan fingerprint density at radius 2 is 2.35 bits per heavy atom. The van der Waals surface area contributed by atoms with Gasteiger partial charge in [-0.2, -0.15) is 5.26 Å². The Labute approximate surface area is 105 Å². The van der Waals surface area contributed by atoms with Crippen molar-refractivity contribution in [2.45, 2.75) is 13.8 Å². The molecule has 0 spiro atoms. The van der Waals surface area contributed by atoms with Crippen LogP contribution in [0.4, 0.5) is 0 Å². The third-order valence-corrected chi connectivity index (χ3v) is 2.55. The Morgan fingerprint density at radius 1 is 1.71 bits per heavy atom. The van der Waals surface area contributed by atoms with Crippen molar-refractivity contribution in [1.29, 1.82) is 5.26 Å². The van der Waals surface area contributed by atoms with Gasteiger partial charge in [0.1, 0.15) is 11.8 Å². The third kappa shape index (κ3) is 2.48. The van der Waals surface area contributed by atoms with Crippen molar-refractivity contribution >= 4 is 23.5 Å². The van der Waals surface area contributed by atoms with Gasteiger partial charge >= 0.3 is 0 Å². The van der Waals surface area contributed by atoms with Gasteiger partial charge in [-0.05, 0) is 19.9 Å². The summed E-state index contributed by atoms with van der Waals surface area (Å²) in [4.78, 5) is 11.5. The van der Waals surface area contributed by atoms with Gasteiger partial charge in [-0.1, -0.05) is 24.3 Å². The first-order valence-corrected chi connectivity index (χ1v) is 5.47. The van der Waals surface area contributed by atoms with Gasteiger partial charge in [-0.3, -0.25) is 4.79 Å². The van der Waals surface area contributed by atoms with Crippen LogP contribution in [0.25, 0.3) is 6.08 Å². The van der Waals surface area contributed by atoms with Gasteiger partial charge < -0.3 is 4.74 Å². The minimum Gasteiger partial charge on any atom is -0.492 e. The molecule has 0 N–H and O–H groups in total. The molecular formula is C13H12ClNO2. The number of carbonyl (C=O) groups excluding carboxylic acids is 1. The summed E-state index contributed by atoms with van der Waals surface area (Å²) in [5.41, 5.74) is 1.10. The molecule has 88 valence electrons. The van der Waals surface area contributed by atoms with Crippen molar-refractivity contribution in [3.8, 4) is 11.8 Å². The number of hydrogen-bond donors (Lipinski definition) is 0. The summed E-state index contributed by atoms with van der Waals surface area (Å²) in [7, 11) is 0. The van der Waals surface area contributed by atoms with Crippen molar-refractivity contribution in [3.63, 3.8) is 0 Å². The molecule has 0 amide bonds. The highest BCUT2D eigenvalue weighted by atomic mass is 35.5. The van der Waals surface area contributed by atoms with E-state index in [0.717, 1.165) is 0 Å². The molecule has 0 aliphatic carbocycles. The lowest BCUT2D eigenvalue weighted by atomic mass is 10.0. The van der Waals surface area contributed by atoms with Gasteiger partial charge in [0.05, 0.1) is 22.8 Å². The summed E-state index contributed by atoms with van der Waals surface area (Å²) in [5, 5.41) is 9.26. The Hall–Kier alpha value is -1.79. The maximum Gasteiger partial charge on any atom is 0.163 e. The molecule has 0 fully saturated rings. The smallest absolute Gasteiger partial charge is 0.163 e. The predicted molar refractivity (Wildman–Crippen MR) is 67.4 cm³/mol.